The lowest BCUT2D eigenvalue weighted by Gasteiger charge is -1.79. The molecule has 64 valence electrons. The first-order valence-electron chi connectivity index (χ1n) is 2.86. The molecular formula is C6H3Br2NO3. The molecule has 0 spiro atoms. The predicted molar refractivity (Wildman–Crippen MR) is 50.1 cm³/mol. The van der Waals surface area contributed by atoms with E-state index in [4.69, 9.17) is 4.42 Å². The fourth-order valence-electron chi connectivity index (χ4n) is 0.580. The monoisotopic (exact) mass is 295 g/mol. The zero-order valence-corrected chi connectivity index (χ0v) is 8.83. The van der Waals surface area contributed by atoms with Crippen LogP contribution in [0.4, 0.5) is 0 Å². The maximum atomic E-state index is 9.92. The SMILES string of the molecule is O=[N+]([O-])C=Cc1cc(Br)c(Br)o1. The van der Waals surface area contributed by atoms with Crippen LogP contribution in [-0.2, 0) is 0 Å². The molecular weight excluding hydrogens is 294 g/mol. The second kappa shape index (κ2) is 3.86. The molecule has 4 nitrogen and oxygen atoms in total. The minimum absolute atomic E-state index is 0.422. The Labute approximate surface area is 84.7 Å². The van der Waals surface area contributed by atoms with Crippen molar-refractivity contribution in [2.24, 2.45) is 0 Å². The first-order valence-corrected chi connectivity index (χ1v) is 4.44. The van der Waals surface area contributed by atoms with Crippen molar-refractivity contribution < 1.29 is 9.34 Å². The second-order valence-electron chi connectivity index (χ2n) is 1.87. The fraction of sp³-hybridized carbons (Fsp3) is 0. The molecule has 1 aromatic heterocycles. The number of rotatable bonds is 2. The van der Waals surface area contributed by atoms with Gasteiger partial charge in [-0.25, -0.2) is 0 Å². The van der Waals surface area contributed by atoms with Gasteiger partial charge in [0.05, 0.1) is 15.5 Å². The Bertz CT molecular complexity index is 312. The number of halogens is 2. The molecule has 0 bridgehead atoms. The van der Waals surface area contributed by atoms with Crippen molar-refractivity contribution in [3.63, 3.8) is 0 Å². The minimum Gasteiger partial charge on any atom is -0.449 e. The van der Waals surface area contributed by atoms with Crippen LogP contribution in [0.15, 0.2) is 25.8 Å². The highest BCUT2D eigenvalue weighted by Crippen LogP contribution is 2.27. The highest BCUT2D eigenvalue weighted by molar-refractivity contribution is 9.13. The van der Waals surface area contributed by atoms with E-state index in [1.165, 1.54) is 6.08 Å². The molecule has 0 fully saturated rings. The number of hydrogen-bond donors (Lipinski definition) is 0. The van der Waals surface area contributed by atoms with E-state index in [0.29, 0.717) is 10.4 Å². The molecule has 1 heterocycles. The first-order chi connectivity index (χ1) is 5.59. The van der Waals surface area contributed by atoms with Crippen molar-refractivity contribution in [3.05, 3.63) is 37.3 Å². The zero-order chi connectivity index (χ0) is 9.14. The van der Waals surface area contributed by atoms with Gasteiger partial charge in [0.2, 0.25) is 6.20 Å². The normalized spacial score (nSPS) is 10.8. The summed E-state index contributed by atoms with van der Waals surface area (Å²) in [5.41, 5.74) is 0. The van der Waals surface area contributed by atoms with Crippen molar-refractivity contribution >= 4 is 37.9 Å². The van der Waals surface area contributed by atoms with Gasteiger partial charge in [0.15, 0.2) is 4.67 Å². The van der Waals surface area contributed by atoms with E-state index in [1.54, 1.807) is 6.07 Å². The van der Waals surface area contributed by atoms with E-state index < -0.39 is 4.92 Å². The van der Waals surface area contributed by atoms with E-state index in [2.05, 4.69) is 31.9 Å². The zero-order valence-electron chi connectivity index (χ0n) is 5.66. The lowest BCUT2D eigenvalue weighted by atomic mass is 10.4. The standard InChI is InChI=1S/C6H3Br2NO3/c7-5-3-4(12-6(5)8)1-2-9(10)11/h1-3H. The van der Waals surface area contributed by atoms with Gasteiger partial charge in [-0.3, -0.25) is 10.1 Å². The van der Waals surface area contributed by atoms with Gasteiger partial charge in [-0.2, -0.15) is 0 Å². The average molecular weight is 297 g/mol. The van der Waals surface area contributed by atoms with Gasteiger partial charge in [-0.15, -0.1) is 0 Å². The summed E-state index contributed by atoms with van der Waals surface area (Å²) in [5, 5.41) is 9.92. The molecule has 12 heavy (non-hydrogen) atoms. The van der Waals surface area contributed by atoms with Crippen LogP contribution in [0.1, 0.15) is 5.76 Å². The van der Waals surface area contributed by atoms with Crippen molar-refractivity contribution in [1.82, 2.24) is 0 Å². The molecule has 1 rings (SSSR count). The number of hydrogen-bond acceptors (Lipinski definition) is 3. The lowest BCUT2D eigenvalue weighted by molar-refractivity contribution is -0.401. The Balaban J connectivity index is 2.83. The Morgan fingerprint density at radius 2 is 2.25 bits per heavy atom. The van der Waals surface area contributed by atoms with Crippen LogP contribution < -0.4 is 0 Å². The van der Waals surface area contributed by atoms with Crippen LogP contribution in [-0.4, -0.2) is 4.92 Å². The van der Waals surface area contributed by atoms with E-state index >= 15 is 0 Å². The molecule has 0 saturated heterocycles. The Morgan fingerprint density at radius 3 is 2.67 bits per heavy atom. The van der Waals surface area contributed by atoms with Crippen molar-refractivity contribution in [3.8, 4) is 0 Å². The maximum absolute atomic E-state index is 9.92. The summed E-state index contributed by atoms with van der Waals surface area (Å²) < 4.78 is 6.29. The van der Waals surface area contributed by atoms with E-state index in [0.717, 1.165) is 10.7 Å². The molecule has 6 heteroatoms. The third-order valence-corrected chi connectivity index (χ3v) is 2.73. The Hall–Kier alpha value is -0.620. The average Bonchev–Trinajstić information content (AvgIpc) is 2.28. The number of furan rings is 1. The van der Waals surface area contributed by atoms with Crippen LogP contribution in [0.5, 0.6) is 0 Å². The summed E-state index contributed by atoms with van der Waals surface area (Å²) in [5.74, 6) is 0.422. The van der Waals surface area contributed by atoms with Gasteiger partial charge < -0.3 is 4.42 Å². The van der Waals surface area contributed by atoms with Gasteiger partial charge >= 0.3 is 0 Å². The van der Waals surface area contributed by atoms with Crippen LogP contribution in [0, 0.1) is 10.1 Å². The summed E-state index contributed by atoms with van der Waals surface area (Å²) >= 11 is 6.28. The molecule has 0 aromatic carbocycles. The maximum Gasteiger partial charge on any atom is 0.238 e. The molecule has 0 unspecified atom stereocenters. The van der Waals surface area contributed by atoms with E-state index in [-0.39, 0.29) is 0 Å². The molecule has 0 amide bonds. The molecule has 0 saturated carbocycles. The Kier molecular flexibility index (Phi) is 3.05. The van der Waals surface area contributed by atoms with E-state index in [9.17, 15) is 10.1 Å². The summed E-state index contributed by atoms with van der Waals surface area (Å²) in [6.07, 6.45) is 2.09. The lowest BCUT2D eigenvalue weighted by Crippen LogP contribution is -1.80. The topological polar surface area (TPSA) is 56.3 Å². The molecule has 0 aliphatic carbocycles. The van der Waals surface area contributed by atoms with E-state index in [1.807, 2.05) is 0 Å². The van der Waals surface area contributed by atoms with Crippen LogP contribution >= 0.6 is 31.9 Å². The smallest absolute Gasteiger partial charge is 0.238 e. The van der Waals surface area contributed by atoms with Gasteiger partial charge in [0.1, 0.15) is 5.76 Å². The summed E-state index contributed by atoms with van der Waals surface area (Å²) in [4.78, 5) is 9.37. The minimum atomic E-state index is -0.551. The molecule has 0 N–H and O–H groups in total. The van der Waals surface area contributed by atoms with Crippen molar-refractivity contribution in [2.75, 3.05) is 0 Å². The molecule has 0 atom stereocenters. The Morgan fingerprint density at radius 1 is 1.58 bits per heavy atom. The van der Waals surface area contributed by atoms with Gasteiger partial charge in [0, 0.05) is 0 Å². The first kappa shape index (κ1) is 9.47. The predicted octanol–water partition coefficient (Wildman–Crippen LogP) is 3.05. The number of nitrogens with zero attached hydrogens (tertiary/aromatic N) is 1. The summed E-state index contributed by atoms with van der Waals surface area (Å²) in [7, 11) is 0. The summed E-state index contributed by atoms with van der Waals surface area (Å²) in [6, 6.07) is 1.63. The highest BCUT2D eigenvalue weighted by atomic mass is 79.9. The van der Waals surface area contributed by atoms with Crippen molar-refractivity contribution in [2.45, 2.75) is 0 Å². The largest absolute Gasteiger partial charge is 0.449 e. The molecule has 0 radical (unpaired) electrons. The third kappa shape index (κ3) is 2.46. The fourth-order valence-corrected chi connectivity index (χ4v) is 1.19. The molecule has 0 aliphatic heterocycles. The van der Waals surface area contributed by atoms with Crippen LogP contribution in [0.25, 0.3) is 6.08 Å². The van der Waals surface area contributed by atoms with Gasteiger partial charge in [0.25, 0.3) is 0 Å². The number of nitro groups is 1. The molecule has 1 aromatic rings. The summed E-state index contributed by atoms with van der Waals surface area (Å²) in [6.45, 7) is 0. The van der Waals surface area contributed by atoms with Crippen molar-refractivity contribution in [1.29, 1.82) is 0 Å². The highest BCUT2D eigenvalue weighted by Gasteiger charge is 2.03. The quantitative estimate of drug-likeness (QED) is 0.622. The van der Waals surface area contributed by atoms with Gasteiger partial charge in [-0.1, -0.05) is 0 Å². The van der Waals surface area contributed by atoms with Crippen LogP contribution in [0.3, 0.4) is 0 Å². The third-order valence-electron chi connectivity index (χ3n) is 1.02. The van der Waals surface area contributed by atoms with Crippen LogP contribution in [0.2, 0.25) is 0 Å². The second-order valence-corrected chi connectivity index (χ2v) is 3.45. The van der Waals surface area contributed by atoms with Gasteiger partial charge in [-0.05, 0) is 37.9 Å². The molecule has 0 aliphatic rings.